The number of ketones is 1. The number of aromatic nitrogens is 2. The minimum atomic E-state index is -1.34. The number of hydrogen-bond donors (Lipinski definition) is 1. The van der Waals surface area contributed by atoms with Crippen molar-refractivity contribution in [1.82, 2.24) is 14.9 Å². The molecule has 0 radical (unpaired) electrons. The maximum absolute atomic E-state index is 12.8. The van der Waals surface area contributed by atoms with Gasteiger partial charge in [0, 0.05) is 24.5 Å². The zero-order valence-electron chi connectivity index (χ0n) is 23.6. The summed E-state index contributed by atoms with van der Waals surface area (Å²) in [5.74, 6) is -2.42. The van der Waals surface area contributed by atoms with E-state index in [-0.39, 0.29) is 39.6 Å². The van der Waals surface area contributed by atoms with Gasteiger partial charge in [0.1, 0.15) is 16.3 Å². The van der Waals surface area contributed by atoms with E-state index in [0.717, 1.165) is 0 Å². The van der Waals surface area contributed by atoms with Crippen LogP contribution in [-0.4, -0.2) is 76.9 Å². The molecule has 12 nitrogen and oxygen atoms in total. The molecule has 2 aromatic carbocycles. The van der Waals surface area contributed by atoms with Crippen molar-refractivity contribution < 1.29 is 33.4 Å². The summed E-state index contributed by atoms with van der Waals surface area (Å²) in [7, 11) is 0. The number of allylic oxidation sites excluding steroid dienone is 1. The Bertz CT molecular complexity index is 1680. The van der Waals surface area contributed by atoms with E-state index in [2.05, 4.69) is 42.8 Å². The summed E-state index contributed by atoms with van der Waals surface area (Å²) in [5.41, 5.74) is 2.45. The lowest BCUT2D eigenvalue weighted by atomic mass is 10.0. The Morgan fingerprint density at radius 2 is 1.84 bits per heavy atom. The number of esters is 2. The summed E-state index contributed by atoms with van der Waals surface area (Å²) in [6.45, 7) is 6.19. The maximum atomic E-state index is 12.8. The SMILES string of the molecule is C=C(CC)C(=O)c1ccc(OCC(=O)OC(C)C(=O)OCC(=O)N2CCN=C2Nc2ccc3nccnc3c2Br)c(Cl)c1Cl. The van der Waals surface area contributed by atoms with Crippen LogP contribution in [0.1, 0.15) is 30.6 Å². The van der Waals surface area contributed by atoms with Gasteiger partial charge in [0.05, 0.1) is 27.2 Å². The van der Waals surface area contributed by atoms with Crippen LogP contribution in [0.3, 0.4) is 0 Å². The first kappa shape index (κ1) is 32.8. The standard InChI is InChI=1S/C29H26BrCl2N5O7/c1-4-15(2)27(40)17-5-8-20(25(32)24(17)31)42-14-22(39)44-16(3)28(41)43-13-21(38)37-12-11-35-29(37)36-18-6-7-19-26(23(18)30)34-10-9-33-19/h5-10,16H,2,4,11-14H2,1,3H3,(H,35,36). The molecule has 1 aliphatic rings. The Kier molecular flexibility index (Phi) is 10.9. The fraction of sp³-hybridized carbons (Fsp3) is 0.276. The first-order chi connectivity index (χ1) is 21.0. The van der Waals surface area contributed by atoms with Crippen LogP contribution >= 0.6 is 39.1 Å². The summed E-state index contributed by atoms with van der Waals surface area (Å²) in [6, 6.07) is 6.35. The maximum Gasteiger partial charge on any atom is 0.347 e. The quantitative estimate of drug-likeness (QED) is 0.164. The van der Waals surface area contributed by atoms with Gasteiger partial charge in [-0.3, -0.25) is 29.4 Å². The molecule has 44 heavy (non-hydrogen) atoms. The number of Topliss-reactive ketones (excluding diaryl/α,β-unsaturated/α-hetero) is 1. The normalized spacial score (nSPS) is 13.2. The molecular formula is C29H26BrCl2N5O7. The second-order valence-corrected chi connectivity index (χ2v) is 10.8. The molecule has 1 unspecified atom stereocenters. The summed E-state index contributed by atoms with van der Waals surface area (Å²) in [5, 5.41) is 2.99. The molecule has 1 aliphatic heterocycles. The average Bonchev–Trinajstić information content (AvgIpc) is 3.49. The monoisotopic (exact) mass is 705 g/mol. The molecule has 2 heterocycles. The van der Waals surface area contributed by atoms with Crippen LogP contribution in [0.5, 0.6) is 5.75 Å². The van der Waals surface area contributed by atoms with Gasteiger partial charge in [0.25, 0.3) is 5.91 Å². The summed E-state index contributed by atoms with van der Waals surface area (Å²) in [6.07, 6.45) is 2.26. The third-order valence-corrected chi connectivity index (χ3v) is 8.00. The Morgan fingerprint density at radius 3 is 2.59 bits per heavy atom. The highest BCUT2D eigenvalue weighted by Gasteiger charge is 2.28. The zero-order valence-corrected chi connectivity index (χ0v) is 26.7. The molecule has 0 saturated carbocycles. The van der Waals surface area contributed by atoms with E-state index in [1.165, 1.54) is 24.0 Å². The lowest BCUT2D eigenvalue weighted by Crippen LogP contribution is -2.41. The number of anilines is 1. The predicted octanol–water partition coefficient (Wildman–Crippen LogP) is 5.01. The minimum absolute atomic E-state index is 0.0356. The van der Waals surface area contributed by atoms with E-state index in [1.807, 2.05) is 0 Å². The number of fused-ring (bicyclic) bond motifs is 1. The number of ether oxygens (including phenoxy) is 3. The highest BCUT2D eigenvalue weighted by molar-refractivity contribution is 9.10. The molecule has 0 saturated heterocycles. The predicted molar refractivity (Wildman–Crippen MR) is 167 cm³/mol. The summed E-state index contributed by atoms with van der Waals surface area (Å²) >= 11 is 15.9. The molecule has 230 valence electrons. The van der Waals surface area contributed by atoms with E-state index in [4.69, 9.17) is 37.4 Å². The number of halogens is 3. The highest BCUT2D eigenvalue weighted by Crippen LogP contribution is 2.36. The number of nitrogens with zero attached hydrogens (tertiary/aromatic N) is 4. The van der Waals surface area contributed by atoms with Gasteiger partial charge in [-0.1, -0.05) is 36.7 Å². The Balaban J connectivity index is 1.26. The number of amides is 1. The van der Waals surface area contributed by atoms with Crippen LogP contribution < -0.4 is 10.1 Å². The number of nitrogens with one attached hydrogen (secondary N) is 1. The highest BCUT2D eigenvalue weighted by atomic mass is 79.9. The molecule has 0 spiro atoms. The number of carbonyl (C=O) groups excluding carboxylic acids is 4. The Morgan fingerprint density at radius 1 is 1.09 bits per heavy atom. The molecule has 1 amide bonds. The molecule has 3 aromatic rings. The van der Waals surface area contributed by atoms with Crippen LogP contribution in [0.4, 0.5) is 5.69 Å². The van der Waals surface area contributed by atoms with Gasteiger partial charge in [-0.05, 0) is 59.1 Å². The number of rotatable bonds is 11. The largest absolute Gasteiger partial charge is 0.480 e. The van der Waals surface area contributed by atoms with E-state index in [9.17, 15) is 19.2 Å². The van der Waals surface area contributed by atoms with Crippen LogP contribution in [0.25, 0.3) is 11.0 Å². The molecule has 1 N–H and O–H groups in total. The van der Waals surface area contributed by atoms with Crippen LogP contribution in [0.15, 0.2) is 58.3 Å². The third kappa shape index (κ3) is 7.52. The molecule has 1 atom stereocenters. The Hall–Kier alpha value is -4.07. The van der Waals surface area contributed by atoms with E-state index in [1.54, 1.807) is 31.5 Å². The van der Waals surface area contributed by atoms with Gasteiger partial charge < -0.3 is 19.5 Å². The van der Waals surface area contributed by atoms with Crippen molar-refractivity contribution in [2.75, 3.05) is 31.6 Å². The van der Waals surface area contributed by atoms with Gasteiger partial charge >= 0.3 is 11.9 Å². The summed E-state index contributed by atoms with van der Waals surface area (Å²) < 4.78 is 16.2. The number of hydrogen-bond acceptors (Lipinski definition) is 11. The molecule has 0 aliphatic carbocycles. The topological polar surface area (TPSA) is 149 Å². The third-order valence-electron chi connectivity index (χ3n) is 6.33. The smallest absolute Gasteiger partial charge is 0.347 e. The van der Waals surface area contributed by atoms with E-state index < -0.39 is 37.2 Å². The molecule has 0 bridgehead atoms. The van der Waals surface area contributed by atoms with Crippen molar-refractivity contribution in [3.05, 3.63) is 68.9 Å². The van der Waals surface area contributed by atoms with Gasteiger partial charge in [-0.2, -0.15) is 0 Å². The summed E-state index contributed by atoms with van der Waals surface area (Å²) in [4.78, 5) is 64.2. The van der Waals surface area contributed by atoms with Crippen molar-refractivity contribution in [2.45, 2.75) is 26.4 Å². The van der Waals surface area contributed by atoms with Crippen LogP contribution in [-0.2, 0) is 23.9 Å². The first-order valence-electron chi connectivity index (χ1n) is 13.2. The second kappa shape index (κ2) is 14.6. The molecule has 0 fully saturated rings. The first-order valence-corrected chi connectivity index (χ1v) is 14.8. The molecule has 1 aromatic heterocycles. The fourth-order valence-electron chi connectivity index (χ4n) is 3.93. The number of aliphatic imine (C=N–C) groups is 1. The van der Waals surface area contributed by atoms with E-state index in [0.29, 0.717) is 39.7 Å². The fourth-order valence-corrected chi connectivity index (χ4v) is 4.93. The number of guanidine groups is 1. The van der Waals surface area contributed by atoms with Gasteiger partial charge in [-0.25, -0.2) is 9.59 Å². The van der Waals surface area contributed by atoms with Gasteiger partial charge in [-0.15, -0.1) is 0 Å². The van der Waals surface area contributed by atoms with Crippen LogP contribution in [0, 0.1) is 0 Å². The average molecular weight is 707 g/mol. The van der Waals surface area contributed by atoms with Crippen molar-refractivity contribution >= 4 is 85.4 Å². The van der Waals surface area contributed by atoms with Crippen molar-refractivity contribution in [3.63, 3.8) is 0 Å². The van der Waals surface area contributed by atoms with Crippen LogP contribution in [0.2, 0.25) is 10.0 Å². The number of benzene rings is 2. The van der Waals surface area contributed by atoms with Crippen molar-refractivity contribution in [3.8, 4) is 5.75 Å². The van der Waals surface area contributed by atoms with Gasteiger partial charge in [0.2, 0.25) is 5.96 Å². The molecule has 15 heteroatoms. The molecule has 4 rings (SSSR count). The van der Waals surface area contributed by atoms with Crippen molar-refractivity contribution in [1.29, 1.82) is 0 Å². The van der Waals surface area contributed by atoms with E-state index >= 15 is 0 Å². The lowest BCUT2D eigenvalue weighted by molar-refractivity contribution is -0.169. The van der Waals surface area contributed by atoms with Gasteiger partial charge in [0.15, 0.2) is 25.1 Å². The Labute approximate surface area is 270 Å². The number of carbonyl (C=O) groups is 4. The zero-order chi connectivity index (χ0) is 32.0. The minimum Gasteiger partial charge on any atom is -0.480 e. The molecular weight excluding hydrogens is 681 g/mol. The second-order valence-electron chi connectivity index (χ2n) is 9.28. The lowest BCUT2D eigenvalue weighted by Gasteiger charge is -2.20. The van der Waals surface area contributed by atoms with Crippen molar-refractivity contribution in [2.24, 2.45) is 4.99 Å².